The monoisotopic (exact) mass is 490 g/mol. The number of amides is 1. The van der Waals surface area contributed by atoms with Crippen LogP contribution in [0.5, 0.6) is 0 Å². The van der Waals surface area contributed by atoms with E-state index in [0.29, 0.717) is 12.3 Å². The standard InChI is InChI=1S/C28H34N4O2S/c1-6-20(15-25-17(4)12-13-35-25)30-28(33)19-10-11-21-23(14-19)32(16(2)3)31-26(21)22-8-7-9-24-27(22)29-18(5)34-24/h7-9,12-13,16,19-20H,6,10-11,14-15H2,1-5H3,(H,30,33)/t19-,20?/m1/s1. The minimum Gasteiger partial charge on any atom is -0.441 e. The molecule has 2 atom stereocenters. The lowest BCUT2D eigenvalue weighted by molar-refractivity contribution is -0.126. The van der Waals surface area contributed by atoms with Crippen molar-refractivity contribution in [1.29, 1.82) is 0 Å². The fraction of sp³-hybridized carbons (Fsp3) is 0.464. The summed E-state index contributed by atoms with van der Waals surface area (Å²) in [7, 11) is 0. The van der Waals surface area contributed by atoms with Gasteiger partial charge in [-0.2, -0.15) is 5.10 Å². The highest BCUT2D eigenvalue weighted by atomic mass is 32.1. The van der Waals surface area contributed by atoms with Crippen LogP contribution in [0.15, 0.2) is 34.1 Å². The molecule has 3 heterocycles. The Morgan fingerprint density at radius 2 is 2.11 bits per heavy atom. The van der Waals surface area contributed by atoms with Crippen LogP contribution in [0.25, 0.3) is 22.4 Å². The van der Waals surface area contributed by atoms with Gasteiger partial charge in [-0.25, -0.2) is 4.98 Å². The van der Waals surface area contributed by atoms with Gasteiger partial charge in [-0.1, -0.05) is 19.1 Å². The number of fused-ring (bicyclic) bond motifs is 2. The van der Waals surface area contributed by atoms with E-state index in [1.807, 2.05) is 19.1 Å². The summed E-state index contributed by atoms with van der Waals surface area (Å²) in [6.45, 7) is 10.5. The Bertz CT molecular complexity index is 1360. The van der Waals surface area contributed by atoms with Gasteiger partial charge in [-0.05, 0) is 63.1 Å². The third kappa shape index (κ3) is 4.54. The third-order valence-electron chi connectivity index (χ3n) is 7.18. The van der Waals surface area contributed by atoms with Crippen molar-refractivity contribution < 1.29 is 9.21 Å². The number of rotatable bonds is 7. The lowest BCUT2D eigenvalue weighted by Gasteiger charge is -2.26. The van der Waals surface area contributed by atoms with Crippen molar-refractivity contribution in [3.63, 3.8) is 0 Å². The number of carbonyl (C=O) groups is 1. The number of benzene rings is 1. The first kappa shape index (κ1) is 23.8. The zero-order valence-electron chi connectivity index (χ0n) is 21.2. The Labute approximate surface area is 210 Å². The molecule has 0 bridgehead atoms. The first-order chi connectivity index (χ1) is 16.9. The molecular formula is C28H34N4O2S. The maximum absolute atomic E-state index is 13.4. The number of hydrogen-bond donors (Lipinski definition) is 1. The summed E-state index contributed by atoms with van der Waals surface area (Å²) in [5.41, 5.74) is 7.37. The third-order valence-corrected chi connectivity index (χ3v) is 8.23. The van der Waals surface area contributed by atoms with E-state index in [1.165, 1.54) is 21.7 Å². The first-order valence-electron chi connectivity index (χ1n) is 12.7. The highest BCUT2D eigenvalue weighted by Gasteiger charge is 2.32. The summed E-state index contributed by atoms with van der Waals surface area (Å²) in [6, 6.07) is 8.56. The normalized spacial score (nSPS) is 16.6. The fourth-order valence-corrected chi connectivity index (χ4v) is 6.20. The number of thiophene rings is 1. The maximum Gasteiger partial charge on any atom is 0.223 e. The van der Waals surface area contributed by atoms with Gasteiger partial charge < -0.3 is 9.73 Å². The Morgan fingerprint density at radius 1 is 1.29 bits per heavy atom. The molecule has 35 heavy (non-hydrogen) atoms. The molecule has 0 saturated carbocycles. The van der Waals surface area contributed by atoms with Crippen molar-refractivity contribution in [2.24, 2.45) is 5.92 Å². The minimum atomic E-state index is -0.0341. The van der Waals surface area contributed by atoms with E-state index in [4.69, 9.17) is 9.52 Å². The van der Waals surface area contributed by atoms with Crippen molar-refractivity contribution in [3.8, 4) is 11.3 Å². The van der Waals surface area contributed by atoms with Crippen LogP contribution in [0, 0.1) is 19.8 Å². The van der Waals surface area contributed by atoms with Crippen LogP contribution >= 0.6 is 11.3 Å². The molecule has 0 saturated heterocycles. The lowest BCUT2D eigenvalue weighted by Crippen LogP contribution is -2.41. The highest BCUT2D eigenvalue weighted by molar-refractivity contribution is 7.10. The molecule has 1 unspecified atom stereocenters. The number of nitrogens with zero attached hydrogens (tertiary/aromatic N) is 3. The van der Waals surface area contributed by atoms with Gasteiger partial charge in [0.2, 0.25) is 5.91 Å². The second kappa shape index (κ2) is 9.61. The molecule has 1 amide bonds. The quantitative estimate of drug-likeness (QED) is 0.335. The summed E-state index contributed by atoms with van der Waals surface area (Å²) < 4.78 is 7.88. The minimum absolute atomic E-state index is 0.0341. The molecule has 6 nitrogen and oxygen atoms in total. The van der Waals surface area contributed by atoms with Gasteiger partial charge in [0.05, 0.1) is 5.69 Å². The van der Waals surface area contributed by atoms with Crippen LogP contribution < -0.4 is 5.32 Å². The summed E-state index contributed by atoms with van der Waals surface area (Å²) in [6.07, 6.45) is 4.21. The molecular weight excluding hydrogens is 456 g/mol. The molecule has 1 aliphatic rings. The van der Waals surface area contributed by atoms with Gasteiger partial charge in [-0.15, -0.1) is 11.3 Å². The molecule has 7 heteroatoms. The molecule has 0 aliphatic heterocycles. The summed E-state index contributed by atoms with van der Waals surface area (Å²) >= 11 is 1.78. The summed E-state index contributed by atoms with van der Waals surface area (Å²) in [4.78, 5) is 19.4. The first-order valence-corrected chi connectivity index (χ1v) is 13.5. The second-order valence-electron chi connectivity index (χ2n) is 9.98. The SMILES string of the molecule is CCC(Cc1sccc1C)NC(=O)[C@@H]1CCc2c(-c3cccc4oc(C)nc34)nn(C(C)C)c2C1. The van der Waals surface area contributed by atoms with Gasteiger partial charge in [-0.3, -0.25) is 9.48 Å². The predicted octanol–water partition coefficient (Wildman–Crippen LogP) is 6.19. The number of oxazole rings is 1. The molecule has 0 fully saturated rings. The van der Waals surface area contributed by atoms with Crippen molar-refractivity contribution in [2.45, 2.75) is 78.8 Å². The smallest absolute Gasteiger partial charge is 0.223 e. The highest BCUT2D eigenvalue weighted by Crippen LogP contribution is 2.37. The predicted molar refractivity (Wildman–Crippen MR) is 141 cm³/mol. The van der Waals surface area contributed by atoms with E-state index >= 15 is 0 Å². The average molecular weight is 491 g/mol. The van der Waals surface area contributed by atoms with Crippen LogP contribution in [0.3, 0.4) is 0 Å². The number of para-hydroxylation sites is 1. The van der Waals surface area contributed by atoms with Gasteiger partial charge in [0.1, 0.15) is 5.52 Å². The topological polar surface area (TPSA) is 73.0 Å². The summed E-state index contributed by atoms with van der Waals surface area (Å²) in [5.74, 6) is 0.793. The van der Waals surface area contributed by atoms with E-state index in [1.54, 1.807) is 11.3 Å². The zero-order chi connectivity index (χ0) is 24.7. The van der Waals surface area contributed by atoms with Crippen molar-refractivity contribution in [2.75, 3.05) is 0 Å². The van der Waals surface area contributed by atoms with E-state index in [2.05, 4.69) is 60.2 Å². The molecule has 4 aromatic rings. The lowest BCUT2D eigenvalue weighted by atomic mass is 9.84. The van der Waals surface area contributed by atoms with E-state index in [-0.39, 0.29) is 23.9 Å². The molecule has 5 rings (SSSR count). The largest absolute Gasteiger partial charge is 0.441 e. The van der Waals surface area contributed by atoms with Gasteiger partial charge in [0.25, 0.3) is 0 Å². The van der Waals surface area contributed by atoms with Crippen LogP contribution in [-0.2, 0) is 24.1 Å². The molecule has 0 spiro atoms. The van der Waals surface area contributed by atoms with Crippen molar-refractivity contribution in [3.05, 3.63) is 57.2 Å². The van der Waals surface area contributed by atoms with Gasteiger partial charge in [0.15, 0.2) is 11.5 Å². The summed E-state index contributed by atoms with van der Waals surface area (Å²) in [5, 5.41) is 10.6. The van der Waals surface area contributed by atoms with Crippen LogP contribution in [-0.4, -0.2) is 26.7 Å². The Balaban J connectivity index is 1.41. The van der Waals surface area contributed by atoms with Crippen molar-refractivity contribution in [1.82, 2.24) is 20.1 Å². The molecule has 184 valence electrons. The maximum atomic E-state index is 13.4. The number of aryl methyl sites for hydroxylation is 2. The molecule has 1 aliphatic carbocycles. The van der Waals surface area contributed by atoms with Crippen molar-refractivity contribution >= 4 is 28.3 Å². The van der Waals surface area contributed by atoms with E-state index < -0.39 is 0 Å². The zero-order valence-corrected chi connectivity index (χ0v) is 22.0. The number of aromatic nitrogens is 3. The molecule has 1 N–H and O–H groups in total. The molecule has 0 radical (unpaired) electrons. The van der Waals surface area contributed by atoms with E-state index in [0.717, 1.165) is 48.0 Å². The van der Waals surface area contributed by atoms with Gasteiger partial charge in [0, 0.05) is 59.5 Å². The van der Waals surface area contributed by atoms with Gasteiger partial charge >= 0.3 is 0 Å². The number of hydrogen-bond acceptors (Lipinski definition) is 5. The fourth-order valence-electron chi connectivity index (χ4n) is 5.21. The second-order valence-corrected chi connectivity index (χ2v) is 11.0. The number of carbonyl (C=O) groups excluding carboxylic acids is 1. The Hall–Kier alpha value is -2.93. The van der Waals surface area contributed by atoms with E-state index in [9.17, 15) is 4.79 Å². The Kier molecular flexibility index (Phi) is 6.53. The molecule has 1 aromatic carbocycles. The molecule has 3 aromatic heterocycles. The van der Waals surface area contributed by atoms with Crippen LogP contribution in [0.4, 0.5) is 0 Å². The average Bonchev–Trinajstić information content (AvgIpc) is 3.53. The van der Waals surface area contributed by atoms with Crippen LogP contribution in [0.2, 0.25) is 0 Å². The van der Waals surface area contributed by atoms with Crippen LogP contribution in [0.1, 0.15) is 67.2 Å². The Morgan fingerprint density at radius 3 is 2.83 bits per heavy atom. The number of nitrogens with one attached hydrogen (secondary N) is 1.